The first-order valence-electron chi connectivity index (χ1n) is 3.42. The molecule has 12 heavy (non-hydrogen) atoms. The molecule has 1 heterocycles. The monoisotopic (exact) mass is 178 g/mol. The van der Waals surface area contributed by atoms with E-state index in [4.69, 9.17) is 16.9 Å². The minimum atomic E-state index is 0.613. The van der Waals surface area contributed by atoms with Crippen LogP contribution in [0.25, 0.3) is 6.08 Å². The molecule has 0 bridgehead atoms. The summed E-state index contributed by atoms with van der Waals surface area (Å²) in [5, 5.41) is 8.90. The van der Waals surface area contributed by atoms with E-state index in [-0.39, 0.29) is 0 Å². The fourth-order valence-corrected chi connectivity index (χ4v) is 1.05. The number of pyridine rings is 1. The fourth-order valence-electron chi connectivity index (χ4n) is 0.842. The Morgan fingerprint density at radius 2 is 2.42 bits per heavy atom. The van der Waals surface area contributed by atoms with Crippen molar-refractivity contribution >= 4 is 17.7 Å². The van der Waals surface area contributed by atoms with Crippen molar-refractivity contribution in [3.8, 4) is 6.07 Å². The second-order valence-electron chi connectivity index (χ2n) is 2.32. The number of nitrogens with zero attached hydrogens (tertiary/aromatic N) is 2. The quantitative estimate of drug-likeness (QED) is 0.620. The molecule has 0 amide bonds. The van der Waals surface area contributed by atoms with E-state index in [1.807, 2.05) is 19.1 Å². The molecular formula is C9H7ClN2. The topological polar surface area (TPSA) is 36.7 Å². The third kappa shape index (κ3) is 2.08. The SMILES string of the molecule is Cc1cc(Cl)cnc1C=CC#N. The lowest BCUT2D eigenvalue weighted by Gasteiger charge is -1.97. The van der Waals surface area contributed by atoms with E-state index in [1.165, 1.54) is 6.08 Å². The smallest absolute Gasteiger partial charge is 0.0912 e. The Balaban J connectivity index is 3.03. The molecule has 0 atom stereocenters. The molecule has 0 unspecified atom stereocenters. The van der Waals surface area contributed by atoms with Crippen molar-refractivity contribution in [3.63, 3.8) is 0 Å². The molecule has 0 radical (unpaired) electrons. The number of rotatable bonds is 1. The van der Waals surface area contributed by atoms with E-state index in [0.717, 1.165) is 11.3 Å². The maximum atomic E-state index is 8.28. The minimum Gasteiger partial charge on any atom is -0.255 e. The van der Waals surface area contributed by atoms with Crippen LogP contribution < -0.4 is 0 Å². The molecule has 0 fully saturated rings. The number of hydrogen-bond acceptors (Lipinski definition) is 2. The Hall–Kier alpha value is -1.33. The molecule has 0 aliphatic heterocycles. The number of allylic oxidation sites excluding steroid dienone is 1. The van der Waals surface area contributed by atoms with Crippen LogP contribution in [0.1, 0.15) is 11.3 Å². The molecule has 3 heteroatoms. The summed E-state index contributed by atoms with van der Waals surface area (Å²) in [6, 6.07) is 3.72. The van der Waals surface area contributed by atoms with Gasteiger partial charge in [0.05, 0.1) is 16.8 Å². The Kier molecular flexibility index (Phi) is 2.84. The van der Waals surface area contributed by atoms with E-state index >= 15 is 0 Å². The van der Waals surface area contributed by atoms with Crippen LogP contribution in [0.3, 0.4) is 0 Å². The van der Waals surface area contributed by atoms with Gasteiger partial charge in [0.1, 0.15) is 0 Å². The maximum Gasteiger partial charge on any atom is 0.0912 e. The van der Waals surface area contributed by atoms with Gasteiger partial charge in [0.25, 0.3) is 0 Å². The van der Waals surface area contributed by atoms with Gasteiger partial charge in [-0.3, -0.25) is 4.98 Å². The summed E-state index contributed by atoms with van der Waals surface area (Å²) < 4.78 is 0. The highest BCUT2D eigenvalue weighted by Crippen LogP contribution is 2.12. The summed E-state index contributed by atoms with van der Waals surface area (Å²) in [5.74, 6) is 0. The Bertz CT molecular complexity index is 350. The molecule has 0 N–H and O–H groups in total. The van der Waals surface area contributed by atoms with Crippen LogP contribution in [0.2, 0.25) is 5.02 Å². The van der Waals surface area contributed by atoms with Crippen LogP contribution in [0.5, 0.6) is 0 Å². The van der Waals surface area contributed by atoms with Crippen LogP contribution in [-0.2, 0) is 0 Å². The predicted octanol–water partition coefficient (Wildman–Crippen LogP) is 2.58. The first-order valence-corrected chi connectivity index (χ1v) is 3.80. The zero-order chi connectivity index (χ0) is 8.97. The highest BCUT2D eigenvalue weighted by molar-refractivity contribution is 6.30. The lowest BCUT2D eigenvalue weighted by molar-refractivity contribution is 1.24. The van der Waals surface area contributed by atoms with Crippen molar-refractivity contribution in [2.45, 2.75) is 6.92 Å². The zero-order valence-corrected chi connectivity index (χ0v) is 7.34. The van der Waals surface area contributed by atoms with Crippen molar-refractivity contribution in [1.29, 1.82) is 5.26 Å². The Labute approximate surface area is 76.1 Å². The number of nitriles is 1. The molecule has 0 aromatic carbocycles. The molecule has 0 spiro atoms. The van der Waals surface area contributed by atoms with E-state index in [2.05, 4.69) is 4.98 Å². The lowest BCUT2D eigenvalue weighted by Crippen LogP contribution is -1.84. The summed E-state index contributed by atoms with van der Waals surface area (Å²) in [5.41, 5.74) is 1.75. The summed E-state index contributed by atoms with van der Waals surface area (Å²) in [6.45, 7) is 1.90. The van der Waals surface area contributed by atoms with Gasteiger partial charge in [0.2, 0.25) is 0 Å². The highest BCUT2D eigenvalue weighted by Gasteiger charge is 1.95. The lowest BCUT2D eigenvalue weighted by atomic mass is 10.2. The van der Waals surface area contributed by atoms with Gasteiger partial charge in [-0.25, -0.2) is 0 Å². The predicted molar refractivity (Wildman–Crippen MR) is 48.6 cm³/mol. The third-order valence-corrected chi connectivity index (χ3v) is 1.61. The number of aromatic nitrogens is 1. The first kappa shape index (κ1) is 8.76. The second-order valence-corrected chi connectivity index (χ2v) is 2.75. The van der Waals surface area contributed by atoms with Crippen LogP contribution in [0.4, 0.5) is 0 Å². The average Bonchev–Trinajstić information content (AvgIpc) is 2.03. The molecule has 1 rings (SSSR count). The number of hydrogen-bond donors (Lipinski definition) is 0. The Morgan fingerprint density at radius 1 is 1.67 bits per heavy atom. The number of aryl methyl sites for hydroxylation is 1. The molecule has 1 aromatic rings. The first-order chi connectivity index (χ1) is 5.74. The molecular weight excluding hydrogens is 172 g/mol. The van der Waals surface area contributed by atoms with Crippen molar-refractivity contribution in [1.82, 2.24) is 4.98 Å². The summed E-state index contributed by atoms with van der Waals surface area (Å²) in [6.07, 6.45) is 4.61. The zero-order valence-electron chi connectivity index (χ0n) is 6.58. The largest absolute Gasteiger partial charge is 0.255 e. The standard InChI is InChI=1S/C9H7ClN2/c1-7-5-8(10)6-12-9(7)3-2-4-11/h2-3,5-6H,1H3. The van der Waals surface area contributed by atoms with Gasteiger partial charge >= 0.3 is 0 Å². The summed E-state index contributed by atoms with van der Waals surface area (Å²) in [7, 11) is 0. The van der Waals surface area contributed by atoms with Crippen molar-refractivity contribution in [3.05, 3.63) is 34.6 Å². The van der Waals surface area contributed by atoms with Gasteiger partial charge < -0.3 is 0 Å². The highest BCUT2D eigenvalue weighted by atomic mass is 35.5. The average molecular weight is 179 g/mol. The minimum absolute atomic E-state index is 0.613. The normalized spacial score (nSPS) is 10.1. The molecule has 0 saturated carbocycles. The maximum absolute atomic E-state index is 8.28. The van der Waals surface area contributed by atoms with Crippen molar-refractivity contribution in [2.24, 2.45) is 0 Å². The van der Waals surface area contributed by atoms with E-state index in [9.17, 15) is 0 Å². The molecule has 0 saturated heterocycles. The number of halogens is 1. The summed E-state index contributed by atoms with van der Waals surface area (Å²) in [4.78, 5) is 4.05. The molecule has 0 aliphatic carbocycles. The molecule has 2 nitrogen and oxygen atoms in total. The van der Waals surface area contributed by atoms with Gasteiger partial charge in [-0.05, 0) is 24.6 Å². The van der Waals surface area contributed by atoms with Gasteiger partial charge in [0, 0.05) is 12.3 Å². The van der Waals surface area contributed by atoms with Crippen molar-refractivity contribution < 1.29 is 0 Å². The van der Waals surface area contributed by atoms with Crippen molar-refractivity contribution in [2.75, 3.05) is 0 Å². The van der Waals surface area contributed by atoms with E-state index < -0.39 is 0 Å². The van der Waals surface area contributed by atoms with Gasteiger partial charge in [-0.15, -0.1) is 0 Å². The van der Waals surface area contributed by atoms with Crippen LogP contribution in [0, 0.1) is 18.3 Å². The van der Waals surface area contributed by atoms with Gasteiger partial charge in [-0.2, -0.15) is 5.26 Å². The van der Waals surface area contributed by atoms with Crippen LogP contribution in [-0.4, -0.2) is 4.98 Å². The Morgan fingerprint density at radius 3 is 3.00 bits per heavy atom. The summed E-state index contributed by atoms with van der Waals surface area (Å²) >= 11 is 5.70. The second kappa shape index (κ2) is 3.89. The molecule has 0 aliphatic rings. The van der Waals surface area contributed by atoms with Gasteiger partial charge in [0.15, 0.2) is 0 Å². The molecule has 60 valence electrons. The third-order valence-electron chi connectivity index (χ3n) is 1.40. The van der Waals surface area contributed by atoms with Crippen LogP contribution in [0.15, 0.2) is 18.3 Å². The van der Waals surface area contributed by atoms with Gasteiger partial charge in [-0.1, -0.05) is 11.6 Å². The van der Waals surface area contributed by atoms with E-state index in [0.29, 0.717) is 5.02 Å². The van der Waals surface area contributed by atoms with E-state index in [1.54, 1.807) is 12.3 Å². The molecule has 1 aromatic heterocycles. The fraction of sp³-hybridized carbons (Fsp3) is 0.111. The van der Waals surface area contributed by atoms with Crippen LogP contribution >= 0.6 is 11.6 Å².